The molecule has 2 aromatic carbocycles. The zero-order valence-electron chi connectivity index (χ0n) is 14.4. The summed E-state index contributed by atoms with van der Waals surface area (Å²) in [5.74, 6) is 0.625. The lowest BCUT2D eigenvalue weighted by Gasteiger charge is -2.32. The van der Waals surface area contributed by atoms with Gasteiger partial charge in [-0.05, 0) is 54.8 Å². The summed E-state index contributed by atoms with van der Waals surface area (Å²) in [6, 6.07) is 15.1. The number of benzene rings is 2. The van der Waals surface area contributed by atoms with Crippen molar-refractivity contribution in [1.29, 1.82) is 0 Å². The number of piperidine rings is 1. The molecule has 26 heavy (non-hydrogen) atoms. The minimum Gasteiger partial charge on any atom is -0.484 e. The molecule has 3 rings (SSSR count). The fraction of sp³-hybridized carbons (Fsp3) is 0.350. The topological polar surface area (TPSA) is 38.8 Å². The molecule has 0 bridgehead atoms. The zero-order valence-corrected chi connectivity index (χ0v) is 16.7. The molecule has 0 aliphatic carbocycles. The number of amides is 1. The Bertz CT molecular complexity index is 721. The summed E-state index contributed by atoms with van der Waals surface area (Å²) >= 11 is 9.28. The second kappa shape index (κ2) is 9.40. The molecule has 1 heterocycles. The lowest BCUT2D eigenvalue weighted by atomic mass is 10.1. The minimum atomic E-state index is -0.0168. The van der Waals surface area contributed by atoms with Gasteiger partial charge >= 0.3 is 0 Å². The van der Waals surface area contributed by atoms with Gasteiger partial charge in [0.2, 0.25) is 0 Å². The van der Waals surface area contributed by atoms with E-state index in [0.717, 1.165) is 29.4 Å². The van der Waals surface area contributed by atoms with E-state index in [1.807, 2.05) is 29.2 Å². The smallest absolute Gasteiger partial charge is 0.260 e. The molecular weight excluding hydrogens is 418 g/mol. The van der Waals surface area contributed by atoms with E-state index in [2.05, 4.69) is 15.9 Å². The number of halogens is 2. The van der Waals surface area contributed by atoms with Crippen LogP contribution in [0.4, 0.5) is 0 Å². The second-order valence-corrected chi connectivity index (χ2v) is 7.64. The number of carbonyl (C=O) groups excluding carboxylic acids is 1. The molecule has 1 saturated heterocycles. The molecule has 0 saturated carbocycles. The monoisotopic (exact) mass is 437 g/mol. The Hall–Kier alpha value is -1.56. The molecule has 1 aliphatic rings. The predicted molar refractivity (Wildman–Crippen MR) is 105 cm³/mol. The highest BCUT2D eigenvalue weighted by atomic mass is 79.9. The first-order chi connectivity index (χ1) is 12.6. The SMILES string of the molecule is O=C(COc1ccc(Cl)cc1)N1CCCC(OCc2ccc(Br)cc2)C1. The van der Waals surface area contributed by atoms with Crippen LogP contribution in [0.5, 0.6) is 5.75 Å². The van der Waals surface area contributed by atoms with Crippen molar-refractivity contribution in [3.05, 3.63) is 63.6 Å². The van der Waals surface area contributed by atoms with Crippen LogP contribution in [0.25, 0.3) is 0 Å². The van der Waals surface area contributed by atoms with Gasteiger partial charge in [-0.2, -0.15) is 0 Å². The summed E-state index contributed by atoms with van der Waals surface area (Å²) in [7, 11) is 0. The Labute approximate surface area is 167 Å². The Morgan fingerprint density at radius 2 is 1.88 bits per heavy atom. The lowest BCUT2D eigenvalue weighted by molar-refractivity contribution is -0.137. The highest BCUT2D eigenvalue weighted by Gasteiger charge is 2.24. The molecule has 1 aliphatic heterocycles. The first-order valence-corrected chi connectivity index (χ1v) is 9.79. The highest BCUT2D eigenvalue weighted by Crippen LogP contribution is 2.18. The molecule has 0 spiro atoms. The summed E-state index contributed by atoms with van der Waals surface area (Å²) < 4.78 is 12.6. The quantitative estimate of drug-likeness (QED) is 0.657. The van der Waals surface area contributed by atoms with Crippen molar-refractivity contribution in [2.75, 3.05) is 19.7 Å². The second-order valence-electron chi connectivity index (χ2n) is 6.28. The van der Waals surface area contributed by atoms with Crippen molar-refractivity contribution in [2.24, 2.45) is 0 Å². The van der Waals surface area contributed by atoms with E-state index in [-0.39, 0.29) is 18.6 Å². The maximum Gasteiger partial charge on any atom is 0.260 e. The standard InChI is InChI=1S/C20H21BrClNO3/c21-16-5-3-15(4-6-16)13-25-19-2-1-11-23(12-19)20(24)14-26-18-9-7-17(22)8-10-18/h3-10,19H,1-2,11-14H2. The Morgan fingerprint density at radius 3 is 2.62 bits per heavy atom. The number of ether oxygens (including phenoxy) is 2. The van der Waals surface area contributed by atoms with Crippen LogP contribution in [0.15, 0.2) is 53.0 Å². The van der Waals surface area contributed by atoms with E-state index >= 15 is 0 Å². The van der Waals surface area contributed by atoms with Gasteiger partial charge in [-0.25, -0.2) is 0 Å². The van der Waals surface area contributed by atoms with Crippen molar-refractivity contribution < 1.29 is 14.3 Å². The molecule has 0 radical (unpaired) electrons. The average molecular weight is 439 g/mol. The number of likely N-dealkylation sites (tertiary alicyclic amines) is 1. The summed E-state index contributed by atoms with van der Waals surface area (Å²) in [4.78, 5) is 14.2. The summed E-state index contributed by atoms with van der Waals surface area (Å²) in [6.45, 7) is 1.95. The van der Waals surface area contributed by atoms with Gasteiger partial charge in [0, 0.05) is 22.6 Å². The molecule has 138 valence electrons. The maximum atomic E-state index is 12.4. The van der Waals surface area contributed by atoms with Gasteiger partial charge < -0.3 is 14.4 Å². The first kappa shape index (κ1) is 19.2. The molecule has 1 atom stereocenters. The number of hydrogen-bond donors (Lipinski definition) is 0. The van der Waals surface area contributed by atoms with E-state index in [1.165, 1.54) is 0 Å². The Morgan fingerprint density at radius 1 is 1.15 bits per heavy atom. The van der Waals surface area contributed by atoms with Crippen LogP contribution in [-0.2, 0) is 16.1 Å². The van der Waals surface area contributed by atoms with Gasteiger partial charge in [0.25, 0.3) is 5.91 Å². The largest absolute Gasteiger partial charge is 0.484 e. The number of carbonyl (C=O) groups is 1. The highest BCUT2D eigenvalue weighted by molar-refractivity contribution is 9.10. The van der Waals surface area contributed by atoms with Crippen molar-refractivity contribution in [1.82, 2.24) is 4.90 Å². The molecule has 4 nitrogen and oxygen atoms in total. The first-order valence-electron chi connectivity index (χ1n) is 8.62. The molecule has 1 fully saturated rings. The van der Waals surface area contributed by atoms with E-state index in [1.54, 1.807) is 24.3 Å². The molecule has 0 aromatic heterocycles. The van der Waals surface area contributed by atoms with Gasteiger partial charge in [0.05, 0.1) is 12.7 Å². The van der Waals surface area contributed by atoms with E-state index in [0.29, 0.717) is 23.9 Å². The van der Waals surface area contributed by atoms with Crippen molar-refractivity contribution >= 4 is 33.4 Å². The predicted octanol–water partition coefficient (Wildman–Crippen LogP) is 4.69. The van der Waals surface area contributed by atoms with Crippen molar-refractivity contribution in [2.45, 2.75) is 25.6 Å². The lowest BCUT2D eigenvalue weighted by Crippen LogP contribution is -2.45. The van der Waals surface area contributed by atoms with Crippen LogP contribution < -0.4 is 4.74 Å². The van der Waals surface area contributed by atoms with E-state index < -0.39 is 0 Å². The third-order valence-corrected chi connectivity index (χ3v) is 5.09. The molecule has 2 aromatic rings. The Kier molecular flexibility index (Phi) is 6.94. The molecule has 1 amide bonds. The molecule has 6 heteroatoms. The van der Waals surface area contributed by atoms with Crippen LogP contribution >= 0.6 is 27.5 Å². The van der Waals surface area contributed by atoms with Crippen LogP contribution in [-0.4, -0.2) is 36.6 Å². The van der Waals surface area contributed by atoms with Gasteiger partial charge in [-0.3, -0.25) is 4.79 Å². The molecule has 1 unspecified atom stereocenters. The third kappa shape index (κ3) is 5.73. The van der Waals surface area contributed by atoms with Crippen molar-refractivity contribution in [3.8, 4) is 5.75 Å². The van der Waals surface area contributed by atoms with Gasteiger partial charge in [0.15, 0.2) is 6.61 Å². The number of rotatable bonds is 6. The van der Waals surface area contributed by atoms with Gasteiger partial charge in [0.1, 0.15) is 5.75 Å². The fourth-order valence-electron chi connectivity index (χ4n) is 2.86. The summed E-state index contributed by atoms with van der Waals surface area (Å²) in [5, 5.41) is 0.644. The van der Waals surface area contributed by atoms with E-state index in [4.69, 9.17) is 21.1 Å². The number of nitrogens with zero attached hydrogens (tertiary/aromatic N) is 1. The average Bonchev–Trinajstić information content (AvgIpc) is 2.67. The van der Waals surface area contributed by atoms with Crippen LogP contribution in [0.2, 0.25) is 5.02 Å². The van der Waals surface area contributed by atoms with Gasteiger partial charge in [-0.15, -0.1) is 0 Å². The van der Waals surface area contributed by atoms with Crippen LogP contribution in [0, 0.1) is 0 Å². The Balaban J connectivity index is 1.45. The van der Waals surface area contributed by atoms with Crippen LogP contribution in [0.3, 0.4) is 0 Å². The normalized spacial score (nSPS) is 17.2. The summed E-state index contributed by atoms with van der Waals surface area (Å²) in [6.07, 6.45) is 1.97. The van der Waals surface area contributed by atoms with Crippen molar-refractivity contribution in [3.63, 3.8) is 0 Å². The molecular formula is C20H21BrClNO3. The number of hydrogen-bond acceptors (Lipinski definition) is 3. The fourth-order valence-corrected chi connectivity index (χ4v) is 3.25. The maximum absolute atomic E-state index is 12.4. The summed E-state index contributed by atoms with van der Waals surface area (Å²) in [5.41, 5.74) is 1.13. The van der Waals surface area contributed by atoms with Gasteiger partial charge in [-0.1, -0.05) is 39.7 Å². The van der Waals surface area contributed by atoms with E-state index in [9.17, 15) is 4.79 Å². The zero-order chi connectivity index (χ0) is 18.4. The minimum absolute atomic E-state index is 0.0168. The van der Waals surface area contributed by atoms with Crippen LogP contribution in [0.1, 0.15) is 18.4 Å². The molecule has 0 N–H and O–H groups in total. The third-order valence-electron chi connectivity index (χ3n) is 4.31.